The van der Waals surface area contributed by atoms with Crippen molar-refractivity contribution in [2.75, 3.05) is 30.4 Å². The maximum absolute atomic E-state index is 12.6. The zero-order valence-electron chi connectivity index (χ0n) is 14.9. The molecule has 0 radical (unpaired) electrons. The number of nitrogens with one attached hydrogen (secondary N) is 1. The molecule has 3 amide bonds. The lowest BCUT2D eigenvalue weighted by molar-refractivity contribution is -0.121. The first-order valence-corrected chi connectivity index (χ1v) is 8.53. The van der Waals surface area contributed by atoms with E-state index in [2.05, 4.69) is 5.32 Å². The summed E-state index contributed by atoms with van der Waals surface area (Å²) in [7, 11) is 1.58. The Kier molecular flexibility index (Phi) is 5.02. The average molecular weight is 351 g/mol. The summed E-state index contributed by atoms with van der Waals surface area (Å²) >= 11 is 0. The fourth-order valence-electron chi connectivity index (χ4n) is 2.98. The van der Waals surface area contributed by atoms with E-state index >= 15 is 0 Å². The SMILES string of the molecule is CCc1cccc(NC(=O)CN2C(=O)CN(C)C(=O)c3ccccc32)c1. The van der Waals surface area contributed by atoms with E-state index in [4.69, 9.17) is 0 Å². The molecule has 1 aliphatic rings. The van der Waals surface area contributed by atoms with Gasteiger partial charge in [0.2, 0.25) is 11.8 Å². The van der Waals surface area contributed by atoms with E-state index in [1.54, 1.807) is 31.3 Å². The van der Waals surface area contributed by atoms with Crippen LogP contribution in [0.15, 0.2) is 48.5 Å². The number of likely N-dealkylation sites (N-methyl/N-ethyl adjacent to an activating group) is 1. The van der Waals surface area contributed by atoms with Crippen LogP contribution in [0.25, 0.3) is 0 Å². The highest BCUT2D eigenvalue weighted by molar-refractivity contribution is 6.12. The summed E-state index contributed by atoms with van der Waals surface area (Å²) in [6, 6.07) is 14.5. The predicted molar refractivity (Wildman–Crippen MR) is 100 cm³/mol. The summed E-state index contributed by atoms with van der Waals surface area (Å²) in [5, 5.41) is 2.83. The summed E-state index contributed by atoms with van der Waals surface area (Å²) in [5.74, 6) is -0.825. The summed E-state index contributed by atoms with van der Waals surface area (Å²) in [6.45, 7) is 1.83. The second-order valence-electron chi connectivity index (χ2n) is 6.26. The third-order valence-corrected chi connectivity index (χ3v) is 4.37. The lowest BCUT2D eigenvalue weighted by Gasteiger charge is -2.21. The van der Waals surface area contributed by atoms with Crippen LogP contribution < -0.4 is 10.2 Å². The van der Waals surface area contributed by atoms with E-state index in [1.807, 2.05) is 31.2 Å². The van der Waals surface area contributed by atoms with Crippen molar-refractivity contribution in [1.82, 2.24) is 4.90 Å². The lowest BCUT2D eigenvalue weighted by atomic mass is 10.1. The molecule has 1 aliphatic heterocycles. The van der Waals surface area contributed by atoms with Crippen molar-refractivity contribution < 1.29 is 14.4 Å². The Balaban J connectivity index is 1.83. The first kappa shape index (κ1) is 17.7. The zero-order valence-corrected chi connectivity index (χ0v) is 14.9. The van der Waals surface area contributed by atoms with Crippen LogP contribution in [-0.2, 0) is 16.0 Å². The van der Waals surface area contributed by atoms with Crippen LogP contribution in [0.2, 0.25) is 0 Å². The molecule has 0 aromatic heterocycles. The summed E-state index contributed by atoms with van der Waals surface area (Å²) in [4.78, 5) is 40.2. The molecule has 0 saturated carbocycles. The van der Waals surface area contributed by atoms with Gasteiger partial charge in [0.05, 0.1) is 11.3 Å². The van der Waals surface area contributed by atoms with Gasteiger partial charge in [-0.1, -0.05) is 31.2 Å². The number of anilines is 2. The van der Waals surface area contributed by atoms with Crippen LogP contribution in [0, 0.1) is 0 Å². The topological polar surface area (TPSA) is 69.7 Å². The van der Waals surface area contributed by atoms with E-state index in [0.29, 0.717) is 16.9 Å². The van der Waals surface area contributed by atoms with Gasteiger partial charge in [-0.05, 0) is 36.2 Å². The van der Waals surface area contributed by atoms with Gasteiger partial charge in [0.15, 0.2) is 0 Å². The number of rotatable bonds is 4. The molecule has 1 heterocycles. The normalized spacial score (nSPS) is 14.1. The summed E-state index contributed by atoms with van der Waals surface area (Å²) < 4.78 is 0. The molecule has 0 atom stereocenters. The molecular weight excluding hydrogens is 330 g/mol. The van der Waals surface area contributed by atoms with Crippen molar-refractivity contribution in [3.8, 4) is 0 Å². The van der Waals surface area contributed by atoms with Gasteiger partial charge in [0.25, 0.3) is 5.91 Å². The molecule has 0 unspecified atom stereocenters. The molecule has 134 valence electrons. The number of carbonyl (C=O) groups is 3. The Hall–Kier alpha value is -3.15. The smallest absolute Gasteiger partial charge is 0.256 e. The molecule has 6 heteroatoms. The first-order chi connectivity index (χ1) is 12.5. The van der Waals surface area contributed by atoms with Gasteiger partial charge >= 0.3 is 0 Å². The van der Waals surface area contributed by atoms with Crippen LogP contribution in [0.3, 0.4) is 0 Å². The van der Waals surface area contributed by atoms with Gasteiger partial charge in [-0.15, -0.1) is 0 Å². The van der Waals surface area contributed by atoms with Gasteiger partial charge in [-0.3, -0.25) is 14.4 Å². The largest absolute Gasteiger partial charge is 0.332 e. The zero-order chi connectivity index (χ0) is 18.7. The standard InChI is InChI=1S/C20H21N3O3/c1-3-14-7-6-8-15(11-14)21-18(24)12-23-17-10-5-4-9-16(17)20(26)22(2)13-19(23)25/h4-11H,3,12-13H2,1-2H3,(H,21,24). The predicted octanol–water partition coefficient (Wildman–Crippen LogP) is 2.31. The Morgan fingerprint density at radius 1 is 1.12 bits per heavy atom. The monoisotopic (exact) mass is 351 g/mol. The number of hydrogen-bond acceptors (Lipinski definition) is 3. The molecule has 0 aliphatic carbocycles. The van der Waals surface area contributed by atoms with Crippen LogP contribution in [0.1, 0.15) is 22.8 Å². The fourth-order valence-corrected chi connectivity index (χ4v) is 2.98. The highest BCUT2D eigenvalue weighted by Gasteiger charge is 2.30. The maximum atomic E-state index is 12.6. The Labute approximate surface area is 152 Å². The summed E-state index contributed by atoms with van der Waals surface area (Å²) in [6.07, 6.45) is 0.871. The van der Waals surface area contributed by atoms with E-state index in [0.717, 1.165) is 12.0 Å². The van der Waals surface area contributed by atoms with Gasteiger partial charge in [0, 0.05) is 12.7 Å². The number of benzene rings is 2. The number of aryl methyl sites for hydroxylation is 1. The number of carbonyl (C=O) groups excluding carboxylic acids is 3. The lowest BCUT2D eigenvalue weighted by Crippen LogP contribution is -2.41. The minimum absolute atomic E-state index is 0.0634. The quantitative estimate of drug-likeness (QED) is 0.919. The van der Waals surface area contributed by atoms with Crippen molar-refractivity contribution in [3.63, 3.8) is 0 Å². The van der Waals surface area contributed by atoms with Gasteiger partial charge in [-0.2, -0.15) is 0 Å². The van der Waals surface area contributed by atoms with Gasteiger partial charge in [-0.25, -0.2) is 0 Å². The third-order valence-electron chi connectivity index (χ3n) is 4.37. The molecule has 0 saturated heterocycles. The Morgan fingerprint density at radius 3 is 2.65 bits per heavy atom. The fraction of sp³-hybridized carbons (Fsp3) is 0.250. The molecule has 6 nitrogen and oxygen atoms in total. The van der Waals surface area contributed by atoms with Crippen LogP contribution in [-0.4, -0.2) is 42.8 Å². The van der Waals surface area contributed by atoms with Crippen molar-refractivity contribution in [1.29, 1.82) is 0 Å². The Bertz CT molecular complexity index is 863. The number of hydrogen-bond donors (Lipinski definition) is 1. The number of para-hydroxylation sites is 1. The van der Waals surface area contributed by atoms with E-state index in [-0.39, 0.29) is 30.8 Å². The number of fused-ring (bicyclic) bond motifs is 1. The molecular formula is C20H21N3O3. The second-order valence-corrected chi connectivity index (χ2v) is 6.26. The van der Waals surface area contributed by atoms with Crippen molar-refractivity contribution in [2.45, 2.75) is 13.3 Å². The molecule has 0 spiro atoms. The van der Waals surface area contributed by atoms with E-state index in [9.17, 15) is 14.4 Å². The first-order valence-electron chi connectivity index (χ1n) is 8.53. The minimum atomic E-state index is -0.307. The number of nitrogens with zero attached hydrogens (tertiary/aromatic N) is 2. The second kappa shape index (κ2) is 7.39. The molecule has 0 fully saturated rings. The average Bonchev–Trinajstić information content (AvgIpc) is 2.73. The van der Waals surface area contributed by atoms with Gasteiger partial charge in [0.1, 0.15) is 13.1 Å². The molecule has 1 N–H and O–H groups in total. The highest BCUT2D eigenvalue weighted by atomic mass is 16.2. The summed E-state index contributed by atoms with van der Waals surface area (Å²) in [5.41, 5.74) is 2.69. The van der Waals surface area contributed by atoms with Crippen LogP contribution in [0.5, 0.6) is 0 Å². The molecule has 3 rings (SSSR count). The maximum Gasteiger partial charge on any atom is 0.256 e. The van der Waals surface area contributed by atoms with Gasteiger partial charge < -0.3 is 15.1 Å². The van der Waals surface area contributed by atoms with Crippen LogP contribution in [0.4, 0.5) is 11.4 Å². The highest BCUT2D eigenvalue weighted by Crippen LogP contribution is 2.25. The Morgan fingerprint density at radius 2 is 1.88 bits per heavy atom. The van der Waals surface area contributed by atoms with Crippen molar-refractivity contribution >= 4 is 29.1 Å². The van der Waals surface area contributed by atoms with E-state index < -0.39 is 0 Å². The molecule has 26 heavy (non-hydrogen) atoms. The molecule has 2 aromatic carbocycles. The molecule has 2 aromatic rings. The van der Waals surface area contributed by atoms with Crippen LogP contribution >= 0.6 is 0 Å². The van der Waals surface area contributed by atoms with Crippen molar-refractivity contribution in [3.05, 3.63) is 59.7 Å². The van der Waals surface area contributed by atoms with Crippen molar-refractivity contribution in [2.24, 2.45) is 0 Å². The minimum Gasteiger partial charge on any atom is -0.332 e. The molecule has 0 bridgehead atoms. The third kappa shape index (κ3) is 3.59. The number of amides is 3. The van der Waals surface area contributed by atoms with E-state index in [1.165, 1.54) is 9.80 Å².